The monoisotopic (exact) mass is 327 g/mol. The fourth-order valence-electron chi connectivity index (χ4n) is 5.97. The van der Waals surface area contributed by atoms with E-state index < -0.39 is 0 Å². The fraction of sp³-hybridized carbons (Fsp3) is 0.650. The molecule has 0 N–H and O–H groups in total. The third-order valence-corrected chi connectivity index (χ3v) is 6.74. The molecule has 1 heterocycles. The van der Waals surface area contributed by atoms with E-state index in [0.29, 0.717) is 31.1 Å². The number of carbonyl (C=O) groups is 1. The molecule has 0 aromatic heterocycles. The molecule has 5 aliphatic rings. The number of hydrogen-bond acceptors (Lipinski definition) is 3. The Labute approximate surface area is 143 Å². The molecule has 4 saturated carbocycles. The third kappa shape index (κ3) is 2.30. The van der Waals surface area contributed by atoms with Gasteiger partial charge in [-0.05, 0) is 73.5 Å². The average molecular weight is 327 g/mol. The normalized spacial score (nSPS) is 35.3. The maximum Gasteiger partial charge on any atom is 0.231 e. The summed E-state index contributed by atoms with van der Waals surface area (Å²) in [5.41, 5.74) is 1.11. The number of fused-ring (bicyclic) bond motifs is 1. The van der Waals surface area contributed by atoms with Gasteiger partial charge in [0.05, 0.1) is 0 Å². The molecule has 0 saturated heterocycles. The summed E-state index contributed by atoms with van der Waals surface area (Å²) >= 11 is 0. The van der Waals surface area contributed by atoms with Crippen LogP contribution in [-0.4, -0.2) is 24.6 Å². The van der Waals surface area contributed by atoms with Crippen molar-refractivity contribution >= 4 is 5.91 Å². The summed E-state index contributed by atoms with van der Waals surface area (Å²) in [5.74, 6) is 5.35. The van der Waals surface area contributed by atoms with E-state index in [2.05, 4.69) is 0 Å². The molecule has 0 radical (unpaired) electrons. The molecule has 1 aromatic carbocycles. The minimum absolute atomic E-state index is 0.275. The summed E-state index contributed by atoms with van der Waals surface area (Å²) < 4.78 is 10.8. The van der Waals surface area contributed by atoms with Gasteiger partial charge in [0.25, 0.3) is 0 Å². The number of nitrogens with zero attached hydrogens (tertiary/aromatic N) is 1. The molecule has 1 aromatic rings. The van der Waals surface area contributed by atoms with Crippen LogP contribution in [0.4, 0.5) is 0 Å². The van der Waals surface area contributed by atoms with E-state index in [0.717, 1.165) is 28.9 Å². The first-order valence-electron chi connectivity index (χ1n) is 9.31. The predicted molar refractivity (Wildman–Crippen MR) is 89.6 cm³/mol. The molecule has 6 rings (SSSR count). The van der Waals surface area contributed by atoms with Crippen molar-refractivity contribution in [3.05, 3.63) is 23.8 Å². The molecule has 4 heteroatoms. The van der Waals surface area contributed by atoms with Crippen LogP contribution in [0.5, 0.6) is 11.5 Å². The molecular formula is C20H25NO3. The highest BCUT2D eigenvalue weighted by Crippen LogP contribution is 2.56. The zero-order valence-corrected chi connectivity index (χ0v) is 14.2. The number of benzene rings is 1. The van der Waals surface area contributed by atoms with Gasteiger partial charge in [0.2, 0.25) is 12.7 Å². The van der Waals surface area contributed by atoms with Gasteiger partial charge in [-0.15, -0.1) is 0 Å². The molecule has 0 spiro atoms. The molecule has 1 amide bonds. The molecule has 4 nitrogen and oxygen atoms in total. The van der Waals surface area contributed by atoms with Crippen molar-refractivity contribution in [2.24, 2.45) is 29.6 Å². The molecule has 4 fully saturated rings. The van der Waals surface area contributed by atoms with Crippen molar-refractivity contribution in [2.45, 2.75) is 38.6 Å². The van der Waals surface area contributed by atoms with Crippen LogP contribution in [-0.2, 0) is 11.3 Å². The lowest BCUT2D eigenvalue weighted by atomic mass is 9.51. The van der Waals surface area contributed by atoms with Crippen molar-refractivity contribution < 1.29 is 14.3 Å². The molecule has 4 aliphatic carbocycles. The summed E-state index contributed by atoms with van der Waals surface area (Å²) in [4.78, 5) is 15.1. The summed E-state index contributed by atoms with van der Waals surface area (Å²) in [7, 11) is 1.96. The van der Waals surface area contributed by atoms with E-state index in [-0.39, 0.29) is 5.92 Å². The van der Waals surface area contributed by atoms with Crippen LogP contribution in [0, 0.1) is 29.6 Å². The number of carbonyl (C=O) groups excluding carboxylic acids is 1. The second kappa shape index (κ2) is 5.40. The van der Waals surface area contributed by atoms with Crippen LogP contribution in [0.3, 0.4) is 0 Å². The number of rotatable bonds is 3. The molecule has 4 bridgehead atoms. The number of amides is 1. The summed E-state index contributed by atoms with van der Waals surface area (Å²) in [6.07, 6.45) is 6.60. The van der Waals surface area contributed by atoms with Crippen LogP contribution in [0.25, 0.3) is 0 Å². The van der Waals surface area contributed by atoms with Crippen LogP contribution in [0.1, 0.15) is 37.7 Å². The highest BCUT2D eigenvalue weighted by Gasteiger charge is 2.51. The largest absolute Gasteiger partial charge is 0.454 e. The molecule has 0 unspecified atom stereocenters. The topological polar surface area (TPSA) is 38.8 Å². The average Bonchev–Trinajstić information content (AvgIpc) is 3.01. The standard InChI is InChI=1S/C20H25NO3/c1-21(10-12-2-3-17-18(9-12)24-11-23-17)20(22)19-15-5-13-4-14(7-15)8-16(19)6-13/h2-3,9,13-16,19H,4-8,10-11H2,1H3. The van der Waals surface area contributed by atoms with Gasteiger partial charge in [-0.1, -0.05) is 6.07 Å². The second-order valence-electron chi connectivity index (χ2n) is 8.34. The first-order chi connectivity index (χ1) is 11.7. The van der Waals surface area contributed by atoms with Crippen molar-refractivity contribution in [1.82, 2.24) is 4.90 Å². The summed E-state index contributed by atoms with van der Waals surface area (Å²) in [6.45, 7) is 0.944. The minimum atomic E-state index is 0.275. The zero-order valence-electron chi connectivity index (χ0n) is 14.2. The van der Waals surface area contributed by atoms with Crippen molar-refractivity contribution in [1.29, 1.82) is 0 Å². The Morgan fingerprint density at radius 1 is 1.04 bits per heavy atom. The van der Waals surface area contributed by atoms with E-state index >= 15 is 0 Å². The predicted octanol–water partition coefficient (Wildman–Crippen LogP) is 3.45. The first-order valence-corrected chi connectivity index (χ1v) is 9.31. The van der Waals surface area contributed by atoms with Crippen LogP contribution in [0.2, 0.25) is 0 Å². The van der Waals surface area contributed by atoms with Crippen LogP contribution >= 0.6 is 0 Å². The van der Waals surface area contributed by atoms with Gasteiger partial charge in [0.15, 0.2) is 11.5 Å². The summed E-state index contributed by atoms with van der Waals surface area (Å²) in [6, 6.07) is 5.98. The van der Waals surface area contributed by atoms with Crippen LogP contribution < -0.4 is 9.47 Å². The summed E-state index contributed by atoms with van der Waals surface area (Å²) in [5, 5.41) is 0. The lowest BCUT2D eigenvalue weighted by Crippen LogP contribution is -2.51. The van der Waals surface area contributed by atoms with Crippen molar-refractivity contribution in [3.63, 3.8) is 0 Å². The highest BCUT2D eigenvalue weighted by molar-refractivity contribution is 5.79. The molecule has 24 heavy (non-hydrogen) atoms. The Morgan fingerprint density at radius 3 is 2.42 bits per heavy atom. The highest BCUT2D eigenvalue weighted by atomic mass is 16.7. The lowest BCUT2D eigenvalue weighted by Gasteiger charge is -2.54. The Kier molecular flexibility index (Phi) is 3.29. The number of hydrogen-bond donors (Lipinski definition) is 0. The Balaban J connectivity index is 1.30. The van der Waals surface area contributed by atoms with E-state index in [9.17, 15) is 4.79 Å². The van der Waals surface area contributed by atoms with Gasteiger partial charge in [0.1, 0.15) is 0 Å². The van der Waals surface area contributed by atoms with Gasteiger partial charge in [-0.25, -0.2) is 0 Å². The van der Waals surface area contributed by atoms with E-state index in [1.165, 1.54) is 32.1 Å². The first kappa shape index (κ1) is 14.6. The van der Waals surface area contributed by atoms with Gasteiger partial charge < -0.3 is 14.4 Å². The van der Waals surface area contributed by atoms with Crippen molar-refractivity contribution in [3.8, 4) is 11.5 Å². The Bertz CT molecular complexity index is 643. The second-order valence-corrected chi connectivity index (χ2v) is 8.34. The van der Waals surface area contributed by atoms with Crippen molar-refractivity contribution in [2.75, 3.05) is 13.8 Å². The van der Waals surface area contributed by atoms with Gasteiger partial charge in [-0.2, -0.15) is 0 Å². The SMILES string of the molecule is CN(Cc1ccc2c(c1)OCO2)C(=O)C1C2CC3CC(C2)CC1C3. The van der Waals surface area contributed by atoms with E-state index in [4.69, 9.17) is 9.47 Å². The molecule has 0 atom stereocenters. The quantitative estimate of drug-likeness (QED) is 0.853. The minimum Gasteiger partial charge on any atom is -0.454 e. The lowest BCUT2D eigenvalue weighted by molar-refractivity contribution is -0.148. The van der Waals surface area contributed by atoms with E-state index in [1.807, 2.05) is 30.1 Å². The van der Waals surface area contributed by atoms with Gasteiger partial charge >= 0.3 is 0 Å². The molecular weight excluding hydrogens is 302 g/mol. The zero-order chi connectivity index (χ0) is 16.3. The molecule has 1 aliphatic heterocycles. The van der Waals surface area contributed by atoms with Gasteiger partial charge in [-0.3, -0.25) is 4.79 Å². The molecule has 128 valence electrons. The Hall–Kier alpha value is -1.71. The fourth-order valence-corrected chi connectivity index (χ4v) is 5.97. The third-order valence-electron chi connectivity index (χ3n) is 6.74. The number of ether oxygens (including phenoxy) is 2. The van der Waals surface area contributed by atoms with Crippen LogP contribution in [0.15, 0.2) is 18.2 Å². The van der Waals surface area contributed by atoms with Gasteiger partial charge in [0, 0.05) is 19.5 Å². The van der Waals surface area contributed by atoms with E-state index in [1.54, 1.807) is 0 Å². The smallest absolute Gasteiger partial charge is 0.231 e. The Morgan fingerprint density at radius 2 is 1.71 bits per heavy atom. The maximum absolute atomic E-state index is 13.1. The maximum atomic E-state index is 13.1.